The molecule has 0 unspecified atom stereocenters. The van der Waals surface area contributed by atoms with Crippen LogP contribution in [0.15, 0.2) is 0 Å². The van der Waals surface area contributed by atoms with Gasteiger partial charge in [-0.3, -0.25) is 38.5 Å². The lowest BCUT2D eigenvalue weighted by Gasteiger charge is -2.46. The minimum absolute atomic E-state index is 0.0263. The van der Waals surface area contributed by atoms with Crippen LogP contribution in [0, 0.1) is 0 Å². The molecule has 5 rings (SSSR count). The van der Waals surface area contributed by atoms with Gasteiger partial charge in [0.25, 0.3) is 11.8 Å². The van der Waals surface area contributed by atoms with E-state index < -0.39 is 191 Å². The van der Waals surface area contributed by atoms with Crippen molar-refractivity contribution in [3.63, 3.8) is 0 Å². The number of carbonyl (C=O) groups is 8. The number of nitrogens with one attached hydrogen (secondary N) is 5. The van der Waals surface area contributed by atoms with Gasteiger partial charge in [-0.2, -0.15) is 0 Å². The van der Waals surface area contributed by atoms with Crippen LogP contribution in [0.3, 0.4) is 0 Å². The number of amides is 7. The highest BCUT2D eigenvalue weighted by atomic mass is 16.8. The second-order valence-electron chi connectivity index (χ2n) is 22.4. The largest absolute Gasteiger partial charge is 0.394 e. The molecular weight excluding hydrogens is 1230 g/mol. The van der Waals surface area contributed by atoms with Crippen molar-refractivity contribution in [2.24, 2.45) is 0 Å². The lowest BCUT2D eigenvalue weighted by atomic mass is 9.96. The SMILES string of the molecule is C[C@@H]1O[C@@H](OCCNC(=O)CCCCCNC(=O)CN(CC(=O)NCCCCCC(=O)ON2C(=O)CCC2=O)CC(=O)NCCCC(=O)NCCO[C@H]2O[C@H](CO[C@H]3O[C@H](CO)[C@@H](O)[C@H](O)[C@@H]3O)[C@@H](O)[C@H](O[C@H]3O[C@H](CO)[C@@H](O)[C@H](O)[C@@H]3O)[C@@H]2O)[C@@H](O)[C@H](O)[C@@H]1O. The maximum absolute atomic E-state index is 13.2. The standard InChI is InChI=1S/C54H91N7O30/c1-27-39(72)43(76)46(79)51(86-27)83-19-17-58-31(64)9-4-2-6-14-55-33(66)21-60(22-34(67)56-15-7-3-5-11-38(71)91-61-36(69)12-13-37(61)70)23-35(68)57-16-8-10-32(65)59-18-20-84-53-49(82)50(90-54-48(81)45(78)41(74)29(25-63)88-54)42(75)30(89-53)26-85-52-47(80)44(77)40(73)28(24-62)87-52/h27-30,39-54,62-63,72-82H,2-26H2,1H3,(H,55,66)(H,56,67)(H,57,68)(H,58,64)(H,59,65)/t27-,28+,29+,30+,39+,40+,41+,42+,43+,44-,45-,46-,47-,48-,49-,50-,51+,52-,53-,54+/m0/s1. The first kappa shape index (κ1) is 76.8. The van der Waals surface area contributed by atoms with Crippen LogP contribution in [0.2, 0.25) is 0 Å². The first-order chi connectivity index (χ1) is 43.3. The number of hydroxylamine groups is 2. The summed E-state index contributed by atoms with van der Waals surface area (Å²) in [6.07, 6.45) is -29.9. The van der Waals surface area contributed by atoms with Crippen molar-refractivity contribution < 1.29 is 147 Å². The zero-order chi connectivity index (χ0) is 66.9. The summed E-state index contributed by atoms with van der Waals surface area (Å²) in [5, 5.41) is 148. The lowest BCUT2D eigenvalue weighted by Crippen LogP contribution is -2.65. The Morgan fingerprint density at radius 3 is 1.38 bits per heavy atom. The van der Waals surface area contributed by atoms with Crippen LogP contribution in [0.5, 0.6) is 0 Å². The summed E-state index contributed by atoms with van der Waals surface area (Å²) in [6, 6.07) is 0. The third-order valence-electron chi connectivity index (χ3n) is 15.3. The number of carbonyl (C=O) groups excluding carboxylic acids is 8. The molecule has 0 bridgehead atoms. The summed E-state index contributed by atoms with van der Waals surface area (Å²) in [5.74, 6) is -4.42. The Labute approximate surface area is 522 Å². The molecule has 5 heterocycles. The minimum Gasteiger partial charge on any atom is -0.394 e. The summed E-state index contributed by atoms with van der Waals surface area (Å²) < 4.78 is 44.2. The van der Waals surface area contributed by atoms with Crippen molar-refractivity contribution in [1.29, 1.82) is 0 Å². The maximum atomic E-state index is 13.2. The van der Waals surface area contributed by atoms with E-state index in [0.717, 1.165) is 0 Å². The van der Waals surface area contributed by atoms with Crippen LogP contribution in [0.25, 0.3) is 0 Å². The van der Waals surface area contributed by atoms with Gasteiger partial charge in [0, 0.05) is 64.8 Å². The van der Waals surface area contributed by atoms with Crippen LogP contribution >= 0.6 is 0 Å². The third-order valence-corrected chi connectivity index (χ3v) is 15.3. The predicted molar refractivity (Wildman–Crippen MR) is 298 cm³/mol. The summed E-state index contributed by atoms with van der Waals surface area (Å²) >= 11 is 0. The van der Waals surface area contributed by atoms with Crippen LogP contribution in [0.4, 0.5) is 0 Å². The third kappa shape index (κ3) is 24.1. The Bertz CT molecular complexity index is 2280. The van der Waals surface area contributed by atoms with Gasteiger partial charge in [-0.05, 0) is 39.0 Å². The quantitative estimate of drug-likeness (QED) is 0.0202. The van der Waals surface area contributed by atoms with Gasteiger partial charge < -0.3 is 136 Å². The van der Waals surface area contributed by atoms with E-state index in [4.69, 9.17) is 42.7 Å². The molecule has 37 nitrogen and oxygen atoms in total. The number of hydrogen-bond donors (Lipinski definition) is 18. The van der Waals surface area contributed by atoms with Crippen molar-refractivity contribution in [2.45, 2.75) is 207 Å². The van der Waals surface area contributed by atoms with Gasteiger partial charge in [0.15, 0.2) is 25.2 Å². The number of ether oxygens (including phenoxy) is 8. The van der Waals surface area contributed by atoms with E-state index in [-0.39, 0.29) is 103 Å². The molecule has 20 atom stereocenters. The van der Waals surface area contributed by atoms with Crippen molar-refractivity contribution >= 4 is 47.3 Å². The molecule has 18 N–H and O–H groups in total. The molecule has 0 saturated carbocycles. The van der Waals surface area contributed by atoms with Gasteiger partial charge in [-0.15, -0.1) is 5.06 Å². The number of rotatable bonds is 38. The van der Waals surface area contributed by atoms with Crippen molar-refractivity contribution in [2.75, 3.05) is 85.4 Å². The Morgan fingerprint density at radius 2 is 0.868 bits per heavy atom. The normalized spacial score (nSPS) is 32.7. The van der Waals surface area contributed by atoms with E-state index in [1.54, 1.807) is 0 Å². The molecule has 522 valence electrons. The number of aliphatic hydroxyl groups excluding tert-OH is 13. The summed E-state index contributed by atoms with van der Waals surface area (Å²) in [7, 11) is 0. The van der Waals surface area contributed by atoms with Crippen LogP contribution in [-0.4, -0.2) is 332 Å². The molecule has 0 aliphatic carbocycles. The molecule has 37 heteroatoms. The minimum atomic E-state index is -1.97. The smallest absolute Gasteiger partial charge is 0.333 e. The Balaban J connectivity index is 1.04. The number of aliphatic hydroxyl groups is 13. The van der Waals surface area contributed by atoms with E-state index in [0.29, 0.717) is 43.6 Å². The molecule has 5 aliphatic heterocycles. The number of imide groups is 1. The van der Waals surface area contributed by atoms with Crippen molar-refractivity contribution in [1.82, 2.24) is 36.5 Å². The molecule has 91 heavy (non-hydrogen) atoms. The number of nitrogens with zero attached hydrogens (tertiary/aromatic N) is 2. The van der Waals surface area contributed by atoms with E-state index in [2.05, 4.69) is 26.6 Å². The highest BCUT2D eigenvalue weighted by Crippen LogP contribution is 2.31. The van der Waals surface area contributed by atoms with E-state index in [1.807, 2.05) is 0 Å². The fourth-order valence-electron chi connectivity index (χ4n) is 9.97. The molecule has 0 aromatic rings. The number of hydrogen-bond acceptors (Lipinski definition) is 31. The molecule has 5 fully saturated rings. The van der Waals surface area contributed by atoms with Gasteiger partial charge in [0.05, 0.1) is 58.8 Å². The second-order valence-corrected chi connectivity index (χ2v) is 22.4. The van der Waals surface area contributed by atoms with Crippen molar-refractivity contribution in [3.8, 4) is 0 Å². The monoisotopic (exact) mass is 1320 g/mol. The topological polar surface area (TPSA) is 549 Å². The fourth-order valence-corrected chi connectivity index (χ4v) is 9.97. The van der Waals surface area contributed by atoms with Gasteiger partial charge in [-0.1, -0.05) is 12.8 Å². The molecule has 0 radical (unpaired) electrons. The summed E-state index contributed by atoms with van der Waals surface area (Å²) in [5.41, 5.74) is 0. The molecule has 0 aromatic carbocycles. The molecule has 0 spiro atoms. The van der Waals surface area contributed by atoms with E-state index in [1.165, 1.54) is 11.8 Å². The summed E-state index contributed by atoms with van der Waals surface area (Å²) in [4.78, 5) is 106. The molecular formula is C54H91N7O30. The van der Waals surface area contributed by atoms with Crippen LogP contribution < -0.4 is 26.6 Å². The molecule has 7 amide bonds. The average Bonchev–Trinajstić information content (AvgIpc) is 1.57. The molecule has 0 aromatic heterocycles. The van der Waals surface area contributed by atoms with Gasteiger partial charge in [0.1, 0.15) is 91.6 Å². The van der Waals surface area contributed by atoms with Crippen LogP contribution in [0.1, 0.15) is 84.0 Å². The second kappa shape index (κ2) is 39.1. The first-order valence-corrected chi connectivity index (χ1v) is 30.3. The predicted octanol–water partition coefficient (Wildman–Crippen LogP) is -10.3. The maximum Gasteiger partial charge on any atom is 0.333 e. The molecule has 5 saturated heterocycles. The average molecular weight is 1320 g/mol. The number of unbranched alkanes of at least 4 members (excludes halogenated alkanes) is 4. The Hall–Kier alpha value is -4.92. The van der Waals surface area contributed by atoms with E-state index >= 15 is 0 Å². The zero-order valence-corrected chi connectivity index (χ0v) is 50.4. The highest BCUT2D eigenvalue weighted by molar-refractivity contribution is 6.01. The van der Waals surface area contributed by atoms with Crippen molar-refractivity contribution in [3.05, 3.63) is 0 Å². The lowest BCUT2D eigenvalue weighted by molar-refractivity contribution is -0.366. The van der Waals surface area contributed by atoms with Crippen LogP contribution in [-0.2, 0) is 81.1 Å². The zero-order valence-electron chi connectivity index (χ0n) is 50.4. The Morgan fingerprint density at radius 1 is 0.451 bits per heavy atom. The first-order valence-electron chi connectivity index (χ1n) is 30.3. The van der Waals surface area contributed by atoms with Gasteiger partial charge >= 0.3 is 5.97 Å². The molecule has 5 aliphatic rings. The summed E-state index contributed by atoms with van der Waals surface area (Å²) in [6.45, 7) is -2.20. The van der Waals surface area contributed by atoms with Gasteiger partial charge in [0.2, 0.25) is 29.5 Å². The van der Waals surface area contributed by atoms with Gasteiger partial charge in [-0.25, -0.2) is 4.79 Å². The fraction of sp³-hybridized carbons (Fsp3) is 0.852. The van der Waals surface area contributed by atoms with E-state index in [9.17, 15) is 105 Å². The Kier molecular flexibility index (Phi) is 33.0. The highest BCUT2D eigenvalue weighted by Gasteiger charge is 2.52.